The topological polar surface area (TPSA) is 88.9 Å². The van der Waals surface area contributed by atoms with Gasteiger partial charge in [-0.3, -0.25) is 9.69 Å². The maximum atomic E-state index is 13.0. The summed E-state index contributed by atoms with van der Waals surface area (Å²) in [7, 11) is 0. The average molecular weight is 459 g/mol. The molecule has 8 nitrogen and oxygen atoms in total. The number of nitrogens with one attached hydrogen (secondary N) is 1. The van der Waals surface area contributed by atoms with Gasteiger partial charge in [-0.15, -0.1) is 5.10 Å². The molecule has 0 amide bonds. The van der Waals surface area contributed by atoms with E-state index in [-0.39, 0.29) is 11.7 Å². The van der Waals surface area contributed by atoms with Gasteiger partial charge in [0.25, 0.3) is 5.56 Å². The minimum Gasteiger partial charge on any atom is -0.377 e. The molecule has 1 fully saturated rings. The number of hydrogen-bond acceptors (Lipinski definition) is 6. The Morgan fingerprint density at radius 1 is 1.12 bits per heavy atom. The molecule has 176 valence electrons. The standard InChI is InChI=1S/C26H30N6O2/c1-18-10-11-19(2)25-23(18)13-21(26(33)27-25)15-31(16-22-9-6-12-34-22)17-24-28-29-30-32(24)14-20-7-4-3-5-8-20/h3-5,7-8,10-11,13,22H,6,9,12,14-17H2,1-2H3,(H,27,33)/t22-/m0/s1. The highest BCUT2D eigenvalue weighted by Crippen LogP contribution is 2.21. The third kappa shape index (κ3) is 4.93. The Kier molecular flexibility index (Phi) is 6.51. The summed E-state index contributed by atoms with van der Waals surface area (Å²) in [6, 6.07) is 16.3. The van der Waals surface area contributed by atoms with Crippen LogP contribution in [0.15, 0.2) is 53.3 Å². The first kappa shape index (κ1) is 22.4. The van der Waals surface area contributed by atoms with Gasteiger partial charge < -0.3 is 9.72 Å². The maximum Gasteiger partial charge on any atom is 0.252 e. The number of pyridine rings is 1. The Balaban J connectivity index is 1.42. The number of benzene rings is 2. The summed E-state index contributed by atoms with van der Waals surface area (Å²) in [4.78, 5) is 18.4. The smallest absolute Gasteiger partial charge is 0.252 e. The van der Waals surface area contributed by atoms with Crippen LogP contribution in [0.2, 0.25) is 0 Å². The lowest BCUT2D eigenvalue weighted by Crippen LogP contribution is -2.34. The fourth-order valence-corrected chi connectivity index (χ4v) is 4.65. The predicted molar refractivity (Wildman–Crippen MR) is 130 cm³/mol. The molecule has 1 aliphatic rings. The predicted octanol–water partition coefficient (Wildman–Crippen LogP) is 3.36. The van der Waals surface area contributed by atoms with Crippen LogP contribution in [-0.2, 0) is 24.4 Å². The minimum absolute atomic E-state index is 0.0533. The largest absolute Gasteiger partial charge is 0.377 e. The molecule has 0 bridgehead atoms. The zero-order chi connectivity index (χ0) is 23.5. The van der Waals surface area contributed by atoms with E-state index in [0.717, 1.165) is 65.0 Å². The number of aromatic amines is 1. The quantitative estimate of drug-likeness (QED) is 0.436. The second kappa shape index (κ2) is 9.87. The number of nitrogens with zero attached hydrogens (tertiary/aromatic N) is 5. The summed E-state index contributed by atoms with van der Waals surface area (Å²) < 4.78 is 7.74. The highest BCUT2D eigenvalue weighted by Gasteiger charge is 2.22. The molecule has 8 heteroatoms. The van der Waals surface area contributed by atoms with Gasteiger partial charge in [0.2, 0.25) is 0 Å². The SMILES string of the molecule is Cc1ccc(C)c2[nH]c(=O)c(CN(Cc3nnnn3Cc3ccccc3)C[C@@H]3CCCO3)cc12. The van der Waals surface area contributed by atoms with Gasteiger partial charge in [-0.1, -0.05) is 42.5 Å². The zero-order valence-corrected chi connectivity index (χ0v) is 19.7. The van der Waals surface area contributed by atoms with Gasteiger partial charge in [0, 0.05) is 30.6 Å². The van der Waals surface area contributed by atoms with Gasteiger partial charge in [-0.2, -0.15) is 0 Å². The van der Waals surface area contributed by atoms with E-state index in [1.54, 1.807) is 0 Å². The van der Waals surface area contributed by atoms with Gasteiger partial charge >= 0.3 is 0 Å². The highest BCUT2D eigenvalue weighted by atomic mass is 16.5. The number of aromatic nitrogens is 5. The summed E-state index contributed by atoms with van der Waals surface area (Å²) in [6.45, 7) is 7.24. The van der Waals surface area contributed by atoms with E-state index in [9.17, 15) is 4.79 Å². The first-order chi connectivity index (χ1) is 16.6. The summed E-state index contributed by atoms with van der Waals surface area (Å²) in [6.07, 6.45) is 2.25. The Labute approximate surface area is 198 Å². The normalized spacial score (nSPS) is 16.0. The molecule has 3 heterocycles. The lowest BCUT2D eigenvalue weighted by atomic mass is 10.0. The molecule has 1 atom stereocenters. The number of H-pyrrole nitrogens is 1. The molecule has 1 saturated heterocycles. The Bertz CT molecular complexity index is 1320. The maximum absolute atomic E-state index is 13.0. The van der Waals surface area contributed by atoms with Gasteiger partial charge in [-0.25, -0.2) is 4.68 Å². The lowest BCUT2D eigenvalue weighted by Gasteiger charge is -2.24. The number of rotatable bonds is 8. The van der Waals surface area contributed by atoms with Crippen molar-refractivity contribution in [1.82, 2.24) is 30.1 Å². The summed E-state index contributed by atoms with van der Waals surface area (Å²) in [5, 5.41) is 13.5. The number of fused-ring (bicyclic) bond motifs is 1. The monoisotopic (exact) mass is 458 g/mol. The average Bonchev–Trinajstić information content (AvgIpc) is 3.50. The second-order valence-corrected chi connectivity index (χ2v) is 9.15. The van der Waals surface area contributed by atoms with E-state index in [2.05, 4.69) is 50.5 Å². The molecule has 2 aromatic carbocycles. The molecule has 1 N–H and O–H groups in total. The van der Waals surface area contributed by atoms with E-state index < -0.39 is 0 Å². The minimum atomic E-state index is -0.0533. The number of hydrogen-bond donors (Lipinski definition) is 1. The van der Waals surface area contributed by atoms with Crippen LogP contribution in [0.25, 0.3) is 10.9 Å². The first-order valence-corrected chi connectivity index (χ1v) is 11.8. The molecule has 5 rings (SSSR count). The van der Waals surface area contributed by atoms with Gasteiger partial charge in [0.05, 0.1) is 24.7 Å². The van der Waals surface area contributed by atoms with E-state index in [1.807, 2.05) is 41.9 Å². The van der Waals surface area contributed by atoms with Crippen LogP contribution >= 0.6 is 0 Å². The molecule has 0 spiro atoms. The molecule has 0 radical (unpaired) electrons. The van der Waals surface area contributed by atoms with Crippen molar-refractivity contribution in [2.75, 3.05) is 13.2 Å². The third-order valence-electron chi connectivity index (χ3n) is 6.55. The fraction of sp³-hybridized carbons (Fsp3) is 0.385. The van der Waals surface area contributed by atoms with E-state index >= 15 is 0 Å². The van der Waals surface area contributed by atoms with Crippen molar-refractivity contribution in [1.29, 1.82) is 0 Å². The summed E-state index contributed by atoms with van der Waals surface area (Å²) in [5.74, 6) is 0.770. The van der Waals surface area contributed by atoms with Crippen LogP contribution in [0, 0.1) is 13.8 Å². The number of aryl methyl sites for hydroxylation is 2. The fourth-order valence-electron chi connectivity index (χ4n) is 4.65. The second-order valence-electron chi connectivity index (χ2n) is 9.15. The van der Waals surface area contributed by atoms with Crippen molar-refractivity contribution in [2.24, 2.45) is 0 Å². The number of ether oxygens (including phenoxy) is 1. The van der Waals surface area contributed by atoms with Crippen LogP contribution in [-0.4, -0.2) is 49.3 Å². The number of tetrazole rings is 1. The van der Waals surface area contributed by atoms with E-state index in [0.29, 0.717) is 19.6 Å². The molecule has 34 heavy (non-hydrogen) atoms. The van der Waals surface area contributed by atoms with Gasteiger partial charge in [0.15, 0.2) is 5.82 Å². The third-order valence-corrected chi connectivity index (χ3v) is 6.55. The summed E-state index contributed by atoms with van der Waals surface area (Å²) in [5.41, 5.74) is 4.95. The van der Waals surface area contributed by atoms with Crippen LogP contribution in [0.4, 0.5) is 0 Å². The molecular formula is C26H30N6O2. The van der Waals surface area contributed by atoms with Crippen LogP contribution in [0.5, 0.6) is 0 Å². The Hall–Kier alpha value is -3.36. The van der Waals surface area contributed by atoms with Crippen molar-refractivity contribution in [3.05, 3.63) is 87.0 Å². The van der Waals surface area contributed by atoms with Crippen LogP contribution in [0.1, 0.15) is 40.9 Å². The molecule has 0 aliphatic carbocycles. The molecule has 0 unspecified atom stereocenters. The van der Waals surface area contributed by atoms with Crippen LogP contribution < -0.4 is 5.56 Å². The first-order valence-electron chi connectivity index (χ1n) is 11.8. The molecule has 1 aliphatic heterocycles. The Morgan fingerprint density at radius 3 is 2.74 bits per heavy atom. The van der Waals surface area contributed by atoms with E-state index in [1.165, 1.54) is 0 Å². The van der Waals surface area contributed by atoms with Crippen molar-refractivity contribution in [3.63, 3.8) is 0 Å². The molecule has 4 aromatic rings. The van der Waals surface area contributed by atoms with Gasteiger partial charge in [-0.05, 0) is 59.9 Å². The van der Waals surface area contributed by atoms with Crippen molar-refractivity contribution in [2.45, 2.75) is 52.4 Å². The van der Waals surface area contributed by atoms with Crippen molar-refractivity contribution >= 4 is 10.9 Å². The molecule has 0 saturated carbocycles. The van der Waals surface area contributed by atoms with E-state index in [4.69, 9.17) is 4.74 Å². The molecule has 2 aromatic heterocycles. The zero-order valence-electron chi connectivity index (χ0n) is 19.7. The van der Waals surface area contributed by atoms with Crippen molar-refractivity contribution < 1.29 is 4.74 Å². The van der Waals surface area contributed by atoms with Crippen LogP contribution in [0.3, 0.4) is 0 Å². The van der Waals surface area contributed by atoms with Gasteiger partial charge in [0.1, 0.15) is 0 Å². The molecular weight excluding hydrogens is 428 g/mol. The van der Waals surface area contributed by atoms with Crippen molar-refractivity contribution in [3.8, 4) is 0 Å². The lowest BCUT2D eigenvalue weighted by molar-refractivity contribution is 0.0663. The summed E-state index contributed by atoms with van der Waals surface area (Å²) >= 11 is 0. The Morgan fingerprint density at radius 2 is 1.94 bits per heavy atom. The highest BCUT2D eigenvalue weighted by molar-refractivity contribution is 5.85.